The Morgan fingerprint density at radius 3 is 2.41 bits per heavy atom. The Hall–Kier alpha value is -0.780. The molecule has 0 aliphatic heterocycles. The molecule has 0 unspecified atom stereocenters. The maximum absolute atomic E-state index is 12.4. The number of aliphatic hydroxyl groups excluding tert-OH is 1. The first-order chi connectivity index (χ1) is 7.36. The summed E-state index contributed by atoms with van der Waals surface area (Å²) in [5, 5.41) is 9.47. The van der Waals surface area contributed by atoms with Crippen molar-refractivity contribution in [1.82, 2.24) is 0 Å². The van der Waals surface area contributed by atoms with E-state index in [0.29, 0.717) is 12.0 Å². The van der Waals surface area contributed by atoms with Crippen molar-refractivity contribution in [2.75, 3.05) is 0 Å². The van der Waals surface area contributed by atoms with Crippen LogP contribution in [-0.4, -0.2) is 11.2 Å². The quantitative estimate of drug-likeness (QED) is 0.886. The van der Waals surface area contributed by atoms with E-state index in [1.54, 1.807) is 6.92 Å². The van der Waals surface area contributed by atoms with Gasteiger partial charge in [-0.15, -0.1) is 12.4 Å². The number of rotatable bonds is 3. The number of hydrogen-bond donors (Lipinski definition) is 2. The standard InChI is InChI=1S/C11H14F3NO.ClH/c1-2-9(16)10(15)7-4-3-5-8(6-7)11(12,13)14;/h3-6,9-10,16H,2,15H2,1H3;1H/t9-,10+;/m1./s1. The van der Waals surface area contributed by atoms with Gasteiger partial charge < -0.3 is 10.8 Å². The van der Waals surface area contributed by atoms with E-state index in [1.807, 2.05) is 0 Å². The summed E-state index contributed by atoms with van der Waals surface area (Å²) in [6.07, 6.45) is -4.81. The summed E-state index contributed by atoms with van der Waals surface area (Å²) in [5.41, 5.74) is 5.19. The van der Waals surface area contributed by atoms with Gasteiger partial charge in [0.15, 0.2) is 0 Å². The summed E-state index contributed by atoms with van der Waals surface area (Å²) in [7, 11) is 0. The van der Waals surface area contributed by atoms with Crippen molar-refractivity contribution in [3.8, 4) is 0 Å². The SMILES string of the molecule is CC[C@@H](O)[C@@H](N)c1cccc(C(F)(F)F)c1.Cl. The summed E-state index contributed by atoms with van der Waals surface area (Å²) in [6.45, 7) is 1.72. The molecule has 0 aliphatic carbocycles. The second kappa shape index (κ2) is 6.23. The van der Waals surface area contributed by atoms with Crippen molar-refractivity contribution >= 4 is 12.4 Å². The van der Waals surface area contributed by atoms with Gasteiger partial charge in [0.25, 0.3) is 0 Å². The van der Waals surface area contributed by atoms with Crippen LogP contribution in [0.5, 0.6) is 0 Å². The maximum Gasteiger partial charge on any atom is 0.416 e. The van der Waals surface area contributed by atoms with Gasteiger partial charge >= 0.3 is 6.18 Å². The summed E-state index contributed by atoms with van der Waals surface area (Å²) >= 11 is 0. The van der Waals surface area contributed by atoms with Gasteiger partial charge in [0.2, 0.25) is 0 Å². The molecule has 3 N–H and O–H groups in total. The predicted octanol–water partition coefficient (Wildman–Crippen LogP) is 2.90. The average Bonchev–Trinajstić information content (AvgIpc) is 2.26. The van der Waals surface area contributed by atoms with Crippen LogP contribution in [-0.2, 0) is 6.18 Å². The van der Waals surface area contributed by atoms with Crippen LogP contribution < -0.4 is 5.73 Å². The van der Waals surface area contributed by atoms with Crippen LogP contribution in [0.3, 0.4) is 0 Å². The van der Waals surface area contributed by atoms with Crippen molar-refractivity contribution < 1.29 is 18.3 Å². The topological polar surface area (TPSA) is 46.2 Å². The molecule has 0 fully saturated rings. The fourth-order valence-electron chi connectivity index (χ4n) is 1.40. The molecule has 98 valence electrons. The summed E-state index contributed by atoms with van der Waals surface area (Å²) < 4.78 is 37.2. The van der Waals surface area contributed by atoms with E-state index in [4.69, 9.17) is 5.73 Å². The lowest BCUT2D eigenvalue weighted by Crippen LogP contribution is -2.25. The molecule has 0 radical (unpaired) electrons. The lowest BCUT2D eigenvalue weighted by atomic mass is 9.99. The summed E-state index contributed by atoms with van der Waals surface area (Å²) in [5.74, 6) is 0. The van der Waals surface area contributed by atoms with Gasteiger partial charge in [0, 0.05) is 0 Å². The molecule has 2 nitrogen and oxygen atoms in total. The number of alkyl halides is 3. The third-order valence-corrected chi connectivity index (χ3v) is 2.43. The van der Waals surface area contributed by atoms with Gasteiger partial charge in [-0.25, -0.2) is 0 Å². The first kappa shape index (κ1) is 16.2. The van der Waals surface area contributed by atoms with E-state index >= 15 is 0 Å². The molecular formula is C11H15ClF3NO. The van der Waals surface area contributed by atoms with Gasteiger partial charge in [-0.1, -0.05) is 19.1 Å². The minimum Gasteiger partial charge on any atom is -0.391 e. The average molecular weight is 270 g/mol. The van der Waals surface area contributed by atoms with E-state index in [0.717, 1.165) is 12.1 Å². The fourth-order valence-corrected chi connectivity index (χ4v) is 1.40. The smallest absolute Gasteiger partial charge is 0.391 e. The first-order valence-corrected chi connectivity index (χ1v) is 4.97. The lowest BCUT2D eigenvalue weighted by Gasteiger charge is -2.18. The summed E-state index contributed by atoms with van der Waals surface area (Å²) in [4.78, 5) is 0. The van der Waals surface area contributed by atoms with Crippen LogP contribution in [0.2, 0.25) is 0 Å². The van der Waals surface area contributed by atoms with Gasteiger partial charge in [0.05, 0.1) is 17.7 Å². The molecule has 0 aromatic heterocycles. The van der Waals surface area contributed by atoms with E-state index in [-0.39, 0.29) is 12.4 Å². The molecule has 2 atom stereocenters. The summed E-state index contributed by atoms with van der Waals surface area (Å²) in [6, 6.07) is 3.95. The van der Waals surface area contributed by atoms with Crippen LogP contribution in [0.4, 0.5) is 13.2 Å². The molecule has 0 saturated heterocycles. The highest BCUT2D eigenvalue weighted by molar-refractivity contribution is 5.85. The fraction of sp³-hybridized carbons (Fsp3) is 0.455. The Morgan fingerprint density at radius 2 is 1.94 bits per heavy atom. The zero-order chi connectivity index (χ0) is 12.3. The lowest BCUT2D eigenvalue weighted by molar-refractivity contribution is -0.137. The number of hydrogen-bond acceptors (Lipinski definition) is 2. The third kappa shape index (κ3) is 4.18. The number of nitrogens with two attached hydrogens (primary N) is 1. The molecule has 17 heavy (non-hydrogen) atoms. The Morgan fingerprint density at radius 1 is 1.35 bits per heavy atom. The van der Waals surface area contributed by atoms with Crippen LogP contribution in [0.15, 0.2) is 24.3 Å². The Bertz CT molecular complexity index is 357. The Balaban J connectivity index is 0.00000256. The van der Waals surface area contributed by atoms with Crippen LogP contribution >= 0.6 is 12.4 Å². The molecular weight excluding hydrogens is 255 g/mol. The molecule has 0 spiro atoms. The van der Waals surface area contributed by atoms with Crippen LogP contribution in [0.1, 0.15) is 30.5 Å². The molecule has 1 aromatic rings. The van der Waals surface area contributed by atoms with E-state index in [2.05, 4.69) is 0 Å². The Kier molecular flexibility index (Phi) is 5.95. The third-order valence-electron chi connectivity index (χ3n) is 2.43. The molecule has 0 saturated carbocycles. The van der Waals surface area contributed by atoms with Crippen molar-refractivity contribution in [2.45, 2.75) is 31.7 Å². The Labute approximate surface area is 104 Å². The van der Waals surface area contributed by atoms with Crippen LogP contribution in [0, 0.1) is 0 Å². The molecule has 1 aromatic carbocycles. The van der Waals surface area contributed by atoms with E-state index < -0.39 is 23.9 Å². The minimum absolute atomic E-state index is 0. The highest BCUT2D eigenvalue weighted by Gasteiger charge is 2.31. The van der Waals surface area contributed by atoms with Gasteiger partial charge in [0.1, 0.15) is 0 Å². The highest BCUT2D eigenvalue weighted by Crippen LogP contribution is 2.31. The second-order valence-electron chi connectivity index (χ2n) is 3.62. The van der Waals surface area contributed by atoms with Crippen molar-refractivity contribution in [3.05, 3.63) is 35.4 Å². The van der Waals surface area contributed by atoms with Crippen molar-refractivity contribution in [1.29, 1.82) is 0 Å². The molecule has 0 heterocycles. The van der Waals surface area contributed by atoms with Crippen LogP contribution in [0.25, 0.3) is 0 Å². The predicted molar refractivity (Wildman–Crippen MR) is 61.9 cm³/mol. The largest absolute Gasteiger partial charge is 0.416 e. The molecule has 0 bridgehead atoms. The van der Waals surface area contributed by atoms with Crippen molar-refractivity contribution in [3.63, 3.8) is 0 Å². The monoisotopic (exact) mass is 269 g/mol. The molecule has 6 heteroatoms. The molecule has 0 aliphatic rings. The number of aliphatic hydroxyl groups is 1. The van der Waals surface area contributed by atoms with E-state index in [9.17, 15) is 18.3 Å². The van der Waals surface area contributed by atoms with Gasteiger partial charge in [-0.05, 0) is 24.1 Å². The van der Waals surface area contributed by atoms with E-state index in [1.165, 1.54) is 12.1 Å². The first-order valence-electron chi connectivity index (χ1n) is 4.97. The number of benzene rings is 1. The van der Waals surface area contributed by atoms with Gasteiger partial charge in [-0.3, -0.25) is 0 Å². The zero-order valence-corrected chi connectivity index (χ0v) is 10.1. The second-order valence-corrected chi connectivity index (χ2v) is 3.62. The zero-order valence-electron chi connectivity index (χ0n) is 9.24. The highest BCUT2D eigenvalue weighted by atomic mass is 35.5. The molecule has 1 rings (SSSR count). The van der Waals surface area contributed by atoms with Crippen molar-refractivity contribution in [2.24, 2.45) is 5.73 Å². The number of halogens is 4. The van der Waals surface area contributed by atoms with Gasteiger partial charge in [-0.2, -0.15) is 13.2 Å². The minimum atomic E-state index is -4.38. The normalized spacial score (nSPS) is 14.9. The molecule has 0 amide bonds. The maximum atomic E-state index is 12.4.